The van der Waals surface area contributed by atoms with Crippen molar-refractivity contribution in [1.29, 1.82) is 0 Å². The number of sulfonamides is 1. The predicted octanol–water partition coefficient (Wildman–Crippen LogP) is 4.55. The zero-order chi connectivity index (χ0) is 25.0. The summed E-state index contributed by atoms with van der Waals surface area (Å²) in [6.45, 7) is 1.82. The summed E-state index contributed by atoms with van der Waals surface area (Å²) in [5, 5.41) is 0.904. The van der Waals surface area contributed by atoms with Crippen LogP contribution in [0.4, 0.5) is 11.4 Å². The van der Waals surface area contributed by atoms with Gasteiger partial charge in [-0.25, -0.2) is 8.42 Å². The number of halogens is 2. The van der Waals surface area contributed by atoms with E-state index in [1.165, 1.54) is 25.3 Å². The summed E-state index contributed by atoms with van der Waals surface area (Å²) in [6, 6.07) is 20.2. The molecule has 0 bridgehead atoms. The molecule has 1 fully saturated rings. The molecule has 3 aromatic carbocycles. The lowest BCUT2D eigenvalue weighted by Crippen LogP contribution is -2.52. The van der Waals surface area contributed by atoms with Gasteiger partial charge in [0, 0.05) is 36.9 Å². The highest BCUT2D eigenvalue weighted by molar-refractivity contribution is 7.92. The van der Waals surface area contributed by atoms with Crippen LogP contribution in [-0.2, 0) is 14.8 Å². The first-order valence-electron chi connectivity index (χ1n) is 11.0. The molecule has 0 spiro atoms. The molecule has 0 N–H and O–H groups in total. The molecule has 1 aliphatic rings. The van der Waals surface area contributed by atoms with Crippen molar-refractivity contribution in [3.05, 3.63) is 82.8 Å². The van der Waals surface area contributed by atoms with Crippen molar-refractivity contribution < 1.29 is 17.9 Å². The lowest BCUT2D eigenvalue weighted by molar-refractivity contribution is -0.129. The molecule has 1 heterocycles. The van der Waals surface area contributed by atoms with Gasteiger partial charge in [0.2, 0.25) is 5.91 Å². The lowest BCUT2D eigenvalue weighted by Gasteiger charge is -2.37. The monoisotopic (exact) mass is 533 g/mol. The molecule has 10 heteroatoms. The number of carbonyl (C=O) groups excluding carboxylic acids is 1. The zero-order valence-electron chi connectivity index (χ0n) is 19.1. The third-order valence-electron chi connectivity index (χ3n) is 5.84. The number of hydrogen-bond donors (Lipinski definition) is 0. The summed E-state index contributed by atoms with van der Waals surface area (Å²) in [5.41, 5.74) is 1.27. The van der Waals surface area contributed by atoms with E-state index in [1.807, 2.05) is 24.3 Å². The van der Waals surface area contributed by atoms with Gasteiger partial charge in [0.15, 0.2) is 0 Å². The Hall–Kier alpha value is -2.94. The SMILES string of the molecule is COc1ccc(N(CC(=O)N2CCN(c3cccc(Cl)c3)CC2)S(=O)(=O)c2ccccc2)cc1Cl. The van der Waals surface area contributed by atoms with E-state index in [4.69, 9.17) is 27.9 Å². The van der Waals surface area contributed by atoms with E-state index in [9.17, 15) is 13.2 Å². The molecule has 1 aliphatic heterocycles. The summed E-state index contributed by atoms with van der Waals surface area (Å²) in [6.07, 6.45) is 0. The van der Waals surface area contributed by atoms with E-state index in [1.54, 1.807) is 35.2 Å². The van der Waals surface area contributed by atoms with Crippen LogP contribution in [0.2, 0.25) is 10.0 Å². The van der Waals surface area contributed by atoms with Gasteiger partial charge in [-0.2, -0.15) is 0 Å². The van der Waals surface area contributed by atoms with Gasteiger partial charge < -0.3 is 14.5 Å². The first kappa shape index (κ1) is 25.2. The highest BCUT2D eigenvalue weighted by Gasteiger charge is 2.30. The number of amides is 1. The first-order valence-corrected chi connectivity index (χ1v) is 13.2. The number of piperazine rings is 1. The van der Waals surface area contributed by atoms with Gasteiger partial charge in [-0.05, 0) is 48.5 Å². The molecule has 0 unspecified atom stereocenters. The van der Waals surface area contributed by atoms with E-state index in [0.717, 1.165) is 9.99 Å². The van der Waals surface area contributed by atoms with Crippen LogP contribution in [0.15, 0.2) is 77.7 Å². The molecular formula is C25H25Cl2N3O4S. The smallest absolute Gasteiger partial charge is 0.264 e. The quantitative estimate of drug-likeness (QED) is 0.445. The normalized spacial score (nSPS) is 14.0. The second kappa shape index (κ2) is 10.8. The van der Waals surface area contributed by atoms with Crippen molar-refractivity contribution in [3.8, 4) is 5.75 Å². The maximum atomic E-state index is 13.5. The number of methoxy groups -OCH3 is 1. The average Bonchev–Trinajstić information content (AvgIpc) is 2.87. The van der Waals surface area contributed by atoms with Gasteiger partial charge in [-0.1, -0.05) is 47.5 Å². The minimum Gasteiger partial charge on any atom is -0.495 e. The van der Waals surface area contributed by atoms with Crippen LogP contribution >= 0.6 is 23.2 Å². The first-order chi connectivity index (χ1) is 16.8. The Kier molecular flexibility index (Phi) is 7.74. The Balaban J connectivity index is 1.55. The lowest BCUT2D eigenvalue weighted by atomic mass is 10.2. The minimum atomic E-state index is -4.02. The summed E-state index contributed by atoms with van der Waals surface area (Å²) in [5.74, 6) is 0.123. The van der Waals surface area contributed by atoms with Crippen molar-refractivity contribution in [2.75, 3.05) is 49.0 Å². The number of anilines is 2. The van der Waals surface area contributed by atoms with Crippen molar-refractivity contribution in [2.45, 2.75) is 4.90 Å². The molecule has 0 aliphatic carbocycles. The minimum absolute atomic E-state index is 0.0884. The molecule has 0 aromatic heterocycles. The highest BCUT2D eigenvalue weighted by atomic mass is 35.5. The van der Waals surface area contributed by atoms with E-state index < -0.39 is 10.0 Å². The van der Waals surface area contributed by atoms with Crippen LogP contribution in [-0.4, -0.2) is 59.1 Å². The maximum Gasteiger partial charge on any atom is 0.264 e. The van der Waals surface area contributed by atoms with Gasteiger partial charge in [0.25, 0.3) is 10.0 Å². The summed E-state index contributed by atoms with van der Waals surface area (Å²) < 4.78 is 33.4. The Labute approximate surface area is 215 Å². The molecule has 184 valence electrons. The number of hydrogen-bond acceptors (Lipinski definition) is 5. The number of carbonyl (C=O) groups is 1. The Morgan fingerprint density at radius 3 is 2.29 bits per heavy atom. The van der Waals surface area contributed by atoms with Crippen LogP contribution in [0.1, 0.15) is 0 Å². The fourth-order valence-corrected chi connectivity index (χ4v) is 5.82. The molecule has 3 aromatic rings. The topological polar surface area (TPSA) is 70.2 Å². The second-order valence-electron chi connectivity index (χ2n) is 7.99. The van der Waals surface area contributed by atoms with Crippen LogP contribution in [0, 0.1) is 0 Å². The van der Waals surface area contributed by atoms with Crippen LogP contribution in [0.5, 0.6) is 5.75 Å². The maximum absolute atomic E-state index is 13.5. The fourth-order valence-electron chi connectivity index (χ4n) is 3.95. The molecule has 4 rings (SSSR count). The van der Waals surface area contributed by atoms with Gasteiger partial charge in [-0.3, -0.25) is 9.10 Å². The number of benzene rings is 3. The van der Waals surface area contributed by atoms with Crippen LogP contribution in [0.3, 0.4) is 0 Å². The third kappa shape index (κ3) is 5.66. The fraction of sp³-hybridized carbons (Fsp3) is 0.240. The summed E-state index contributed by atoms with van der Waals surface area (Å²) in [7, 11) is -2.54. The zero-order valence-corrected chi connectivity index (χ0v) is 21.4. The van der Waals surface area contributed by atoms with E-state index in [0.29, 0.717) is 37.0 Å². The third-order valence-corrected chi connectivity index (χ3v) is 8.16. The average molecular weight is 534 g/mol. The van der Waals surface area contributed by atoms with Gasteiger partial charge in [0.05, 0.1) is 22.7 Å². The van der Waals surface area contributed by atoms with E-state index >= 15 is 0 Å². The largest absolute Gasteiger partial charge is 0.495 e. The van der Waals surface area contributed by atoms with Gasteiger partial charge in [-0.15, -0.1) is 0 Å². The van der Waals surface area contributed by atoms with Crippen LogP contribution < -0.4 is 13.9 Å². The molecule has 35 heavy (non-hydrogen) atoms. The van der Waals surface area contributed by atoms with Crippen LogP contribution in [0.25, 0.3) is 0 Å². The van der Waals surface area contributed by atoms with Crippen molar-refractivity contribution in [3.63, 3.8) is 0 Å². The molecule has 0 radical (unpaired) electrons. The molecule has 1 saturated heterocycles. The Morgan fingerprint density at radius 2 is 1.66 bits per heavy atom. The van der Waals surface area contributed by atoms with Crippen molar-refractivity contribution in [2.24, 2.45) is 0 Å². The number of ether oxygens (including phenoxy) is 1. The summed E-state index contributed by atoms with van der Waals surface area (Å²) in [4.78, 5) is 17.2. The Morgan fingerprint density at radius 1 is 0.943 bits per heavy atom. The van der Waals surface area contributed by atoms with Crippen molar-refractivity contribution in [1.82, 2.24) is 4.90 Å². The Bertz CT molecular complexity index is 1300. The van der Waals surface area contributed by atoms with E-state index in [-0.39, 0.29) is 28.1 Å². The molecule has 7 nitrogen and oxygen atoms in total. The molecular weight excluding hydrogens is 509 g/mol. The van der Waals surface area contributed by atoms with Crippen molar-refractivity contribution >= 4 is 50.5 Å². The van der Waals surface area contributed by atoms with Gasteiger partial charge >= 0.3 is 0 Å². The van der Waals surface area contributed by atoms with Gasteiger partial charge in [0.1, 0.15) is 12.3 Å². The standard InChI is InChI=1S/C25H25Cl2N3O4S/c1-34-24-11-10-21(17-23(24)27)30(35(32,33)22-8-3-2-4-9-22)18-25(31)29-14-12-28(13-15-29)20-7-5-6-19(26)16-20/h2-11,16-17H,12-15,18H2,1H3. The van der Waals surface area contributed by atoms with E-state index in [2.05, 4.69) is 4.90 Å². The molecule has 1 amide bonds. The summed E-state index contributed by atoms with van der Waals surface area (Å²) >= 11 is 12.4. The number of nitrogens with zero attached hydrogens (tertiary/aromatic N) is 3. The second-order valence-corrected chi connectivity index (χ2v) is 10.7. The highest BCUT2D eigenvalue weighted by Crippen LogP contribution is 2.32. The number of rotatable bonds is 7. The molecule has 0 saturated carbocycles. The molecule has 0 atom stereocenters. The predicted molar refractivity (Wildman–Crippen MR) is 139 cm³/mol.